The van der Waals surface area contributed by atoms with Gasteiger partial charge in [-0.1, -0.05) is 17.7 Å². The summed E-state index contributed by atoms with van der Waals surface area (Å²) < 4.78 is 0. The molecule has 0 spiro atoms. The van der Waals surface area contributed by atoms with Gasteiger partial charge in [-0.05, 0) is 39.0 Å². The quantitative estimate of drug-likeness (QED) is 0.684. The summed E-state index contributed by atoms with van der Waals surface area (Å²) >= 11 is 5.93. The fourth-order valence-electron chi connectivity index (χ4n) is 2.25. The van der Waals surface area contributed by atoms with E-state index < -0.39 is 4.92 Å². The molecule has 1 amide bonds. The Morgan fingerprint density at radius 3 is 2.70 bits per heavy atom. The smallest absolute Gasteiger partial charge is 0.288 e. The number of hydrogen-bond acceptors (Lipinski definition) is 4. The summed E-state index contributed by atoms with van der Waals surface area (Å²) in [6, 6.07) is 4.34. The SMILES string of the molecule is CN1CCC(NC(=O)c2cccc([N+](=O)[O-])c2Cl)CC1. The first-order valence-corrected chi connectivity index (χ1v) is 6.79. The molecule has 1 saturated heterocycles. The van der Waals surface area contributed by atoms with Crippen LogP contribution in [0.4, 0.5) is 5.69 Å². The number of benzene rings is 1. The van der Waals surface area contributed by atoms with Crippen molar-refractivity contribution in [3.63, 3.8) is 0 Å². The van der Waals surface area contributed by atoms with Gasteiger partial charge in [-0.3, -0.25) is 14.9 Å². The first-order chi connectivity index (χ1) is 9.49. The highest BCUT2D eigenvalue weighted by atomic mass is 35.5. The number of rotatable bonds is 3. The van der Waals surface area contributed by atoms with E-state index in [0.717, 1.165) is 25.9 Å². The third kappa shape index (κ3) is 3.26. The maximum atomic E-state index is 12.2. The van der Waals surface area contributed by atoms with Crippen LogP contribution in [0, 0.1) is 10.1 Å². The summed E-state index contributed by atoms with van der Waals surface area (Å²) in [6.07, 6.45) is 1.74. The lowest BCUT2D eigenvalue weighted by atomic mass is 10.0. The second-order valence-corrected chi connectivity index (χ2v) is 5.32. The Balaban J connectivity index is 2.10. The normalized spacial score (nSPS) is 16.9. The number of halogens is 1. The molecule has 7 heteroatoms. The maximum Gasteiger partial charge on any atom is 0.288 e. The van der Waals surface area contributed by atoms with Crippen LogP contribution in [0.1, 0.15) is 23.2 Å². The molecule has 1 N–H and O–H groups in total. The fraction of sp³-hybridized carbons (Fsp3) is 0.462. The fourth-order valence-corrected chi connectivity index (χ4v) is 2.53. The second kappa shape index (κ2) is 6.19. The highest BCUT2D eigenvalue weighted by molar-refractivity contribution is 6.35. The van der Waals surface area contributed by atoms with Crippen LogP contribution in [-0.2, 0) is 0 Å². The van der Waals surface area contributed by atoms with E-state index in [1.54, 1.807) is 0 Å². The van der Waals surface area contributed by atoms with Crippen LogP contribution in [0.15, 0.2) is 18.2 Å². The molecule has 0 aliphatic carbocycles. The van der Waals surface area contributed by atoms with E-state index in [4.69, 9.17) is 11.6 Å². The lowest BCUT2D eigenvalue weighted by molar-refractivity contribution is -0.384. The maximum absolute atomic E-state index is 12.2. The van der Waals surface area contributed by atoms with Gasteiger partial charge in [-0.2, -0.15) is 0 Å². The van der Waals surface area contributed by atoms with Gasteiger partial charge in [0.25, 0.3) is 11.6 Å². The van der Waals surface area contributed by atoms with E-state index in [9.17, 15) is 14.9 Å². The number of amides is 1. The first-order valence-electron chi connectivity index (χ1n) is 6.41. The number of carbonyl (C=O) groups excluding carboxylic acids is 1. The lowest BCUT2D eigenvalue weighted by Crippen LogP contribution is -2.43. The molecule has 0 atom stereocenters. The molecule has 6 nitrogen and oxygen atoms in total. The highest BCUT2D eigenvalue weighted by Gasteiger charge is 2.23. The van der Waals surface area contributed by atoms with Gasteiger partial charge >= 0.3 is 0 Å². The van der Waals surface area contributed by atoms with Crippen molar-refractivity contribution in [1.29, 1.82) is 0 Å². The van der Waals surface area contributed by atoms with Crippen molar-refractivity contribution in [1.82, 2.24) is 10.2 Å². The number of nitrogens with one attached hydrogen (secondary N) is 1. The molecular weight excluding hydrogens is 282 g/mol. The minimum absolute atomic E-state index is 0.0917. The monoisotopic (exact) mass is 297 g/mol. The van der Waals surface area contributed by atoms with E-state index in [1.165, 1.54) is 18.2 Å². The standard InChI is InChI=1S/C13H16ClN3O3/c1-16-7-5-9(6-8-16)15-13(18)10-3-2-4-11(12(10)14)17(19)20/h2-4,9H,5-8H2,1H3,(H,15,18). The van der Waals surface area contributed by atoms with E-state index in [0.29, 0.717) is 0 Å². The number of hydrogen-bond donors (Lipinski definition) is 1. The first kappa shape index (κ1) is 14.7. The van der Waals surface area contributed by atoms with E-state index in [2.05, 4.69) is 10.2 Å². The average Bonchev–Trinajstić information content (AvgIpc) is 2.41. The zero-order valence-electron chi connectivity index (χ0n) is 11.1. The van der Waals surface area contributed by atoms with E-state index in [1.807, 2.05) is 7.05 Å². The molecule has 1 heterocycles. The predicted molar refractivity (Wildman–Crippen MR) is 76.1 cm³/mol. The topological polar surface area (TPSA) is 75.5 Å². The molecule has 1 aliphatic heterocycles. The number of nitrogens with zero attached hydrogens (tertiary/aromatic N) is 2. The van der Waals surface area contributed by atoms with E-state index >= 15 is 0 Å². The Morgan fingerprint density at radius 2 is 2.10 bits per heavy atom. The van der Waals surface area contributed by atoms with Gasteiger partial charge in [0.2, 0.25) is 0 Å². The molecule has 1 aromatic carbocycles. The molecule has 108 valence electrons. The minimum Gasteiger partial charge on any atom is -0.349 e. The highest BCUT2D eigenvalue weighted by Crippen LogP contribution is 2.27. The van der Waals surface area contributed by atoms with Gasteiger partial charge in [-0.15, -0.1) is 0 Å². The van der Waals surface area contributed by atoms with Crippen LogP contribution in [0.5, 0.6) is 0 Å². The zero-order valence-corrected chi connectivity index (χ0v) is 11.9. The minimum atomic E-state index is -0.589. The van der Waals surface area contributed by atoms with Gasteiger partial charge in [-0.25, -0.2) is 0 Å². The molecule has 0 aromatic heterocycles. The number of piperidine rings is 1. The van der Waals surface area contributed by atoms with Crippen molar-refractivity contribution in [2.75, 3.05) is 20.1 Å². The van der Waals surface area contributed by atoms with E-state index in [-0.39, 0.29) is 28.2 Å². The molecule has 1 aromatic rings. The molecule has 1 fully saturated rings. The number of nitro benzene ring substituents is 1. The van der Waals surface area contributed by atoms with Crippen LogP contribution in [0.25, 0.3) is 0 Å². The molecule has 0 bridgehead atoms. The third-order valence-corrected chi connectivity index (χ3v) is 3.87. The van der Waals surface area contributed by atoms with Gasteiger partial charge in [0.1, 0.15) is 5.02 Å². The Labute approximate surface area is 121 Å². The average molecular weight is 298 g/mol. The van der Waals surface area contributed by atoms with Crippen LogP contribution in [0.2, 0.25) is 5.02 Å². The summed E-state index contributed by atoms with van der Waals surface area (Å²) in [5.74, 6) is -0.353. The number of nitro groups is 1. The molecule has 0 radical (unpaired) electrons. The number of likely N-dealkylation sites (tertiary alicyclic amines) is 1. The van der Waals surface area contributed by atoms with Crippen LogP contribution in [0.3, 0.4) is 0 Å². The molecule has 1 aliphatic rings. The van der Waals surface area contributed by atoms with Crippen molar-refractivity contribution >= 4 is 23.2 Å². The lowest BCUT2D eigenvalue weighted by Gasteiger charge is -2.29. The second-order valence-electron chi connectivity index (χ2n) is 4.95. The molecule has 0 unspecified atom stereocenters. The molecule has 0 saturated carbocycles. The van der Waals surface area contributed by atoms with Crippen LogP contribution < -0.4 is 5.32 Å². The van der Waals surface area contributed by atoms with Crippen LogP contribution >= 0.6 is 11.6 Å². The van der Waals surface area contributed by atoms with Gasteiger partial charge in [0.05, 0.1) is 10.5 Å². The van der Waals surface area contributed by atoms with Crippen molar-refractivity contribution in [3.05, 3.63) is 38.9 Å². The summed E-state index contributed by atoms with van der Waals surface area (Å²) in [7, 11) is 2.04. The Kier molecular flexibility index (Phi) is 4.57. The Morgan fingerprint density at radius 1 is 1.45 bits per heavy atom. The Hall–Kier alpha value is -1.66. The summed E-state index contributed by atoms with van der Waals surface area (Å²) in [6.45, 7) is 1.85. The summed E-state index contributed by atoms with van der Waals surface area (Å²) in [5, 5.41) is 13.6. The summed E-state index contributed by atoms with van der Waals surface area (Å²) in [4.78, 5) is 24.6. The largest absolute Gasteiger partial charge is 0.349 e. The van der Waals surface area contributed by atoms with Gasteiger partial charge in [0.15, 0.2) is 0 Å². The number of carbonyl (C=O) groups is 1. The molecular formula is C13H16ClN3O3. The van der Waals surface area contributed by atoms with Crippen molar-refractivity contribution in [3.8, 4) is 0 Å². The van der Waals surface area contributed by atoms with Crippen molar-refractivity contribution in [2.45, 2.75) is 18.9 Å². The zero-order chi connectivity index (χ0) is 14.7. The van der Waals surface area contributed by atoms with Gasteiger partial charge in [0, 0.05) is 12.1 Å². The van der Waals surface area contributed by atoms with Crippen molar-refractivity contribution in [2.24, 2.45) is 0 Å². The van der Waals surface area contributed by atoms with Gasteiger partial charge < -0.3 is 10.2 Å². The summed E-state index contributed by atoms with van der Waals surface area (Å²) in [5.41, 5.74) is -0.0949. The molecule has 2 rings (SSSR count). The predicted octanol–water partition coefficient (Wildman–Crippen LogP) is 2.07. The third-order valence-electron chi connectivity index (χ3n) is 3.47. The Bertz CT molecular complexity index is 528. The van der Waals surface area contributed by atoms with Crippen molar-refractivity contribution < 1.29 is 9.72 Å². The van der Waals surface area contributed by atoms with Crippen LogP contribution in [-0.4, -0.2) is 41.9 Å². The molecule has 20 heavy (non-hydrogen) atoms.